The number of thiazole rings is 1. The van der Waals surface area contributed by atoms with Gasteiger partial charge in [-0.25, -0.2) is 4.98 Å². The van der Waals surface area contributed by atoms with Gasteiger partial charge in [-0.2, -0.15) is 0 Å². The number of morpholine rings is 1. The van der Waals surface area contributed by atoms with Gasteiger partial charge in [-0.1, -0.05) is 0 Å². The van der Waals surface area contributed by atoms with Crippen molar-refractivity contribution in [3.8, 4) is 0 Å². The van der Waals surface area contributed by atoms with Gasteiger partial charge in [-0.15, -0.1) is 11.3 Å². The molecule has 5 nitrogen and oxygen atoms in total. The molecule has 3 rings (SSSR count). The first-order chi connectivity index (χ1) is 11.5. The first kappa shape index (κ1) is 17.8. The molecule has 2 aromatic rings. The van der Waals surface area contributed by atoms with Crippen LogP contribution in [0.1, 0.15) is 29.9 Å². The van der Waals surface area contributed by atoms with Crippen LogP contribution in [0.3, 0.4) is 0 Å². The van der Waals surface area contributed by atoms with Crippen LogP contribution in [-0.2, 0) is 11.3 Å². The Bertz CT molecular complexity index is 694. The van der Waals surface area contributed by atoms with E-state index in [1.807, 2.05) is 29.6 Å². The highest BCUT2D eigenvalue weighted by molar-refractivity contribution is 14.1. The quantitative estimate of drug-likeness (QED) is 0.713. The van der Waals surface area contributed by atoms with E-state index < -0.39 is 0 Å². The van der Waals surface area contributed by atoms with Gasteiger partial charge in [0.15, 0.2) is 5.13 Å². The molecule has 1 fully saturated rings. The number of anilines is 1. The number of aromatic nitrogens is 1. The van der Waals surface area contributed by atoms with E-state index in [1.165, 1.54) is 11.3 Å². The van der Waals surface area contributed by atoms with E-state index in [2.05, 4.69) is 51.6 Å². The molecule has 1 aromatic carbocycles. The predicted molar refractivity (Wildman–Crippen MR) is 105 cm³/mol. The van der Waals surface area contributed by atoms with Crippen LogP contribution in [0.4, 0.5) is 5.13 Å². The molecule has 24 heavy (non-hydrogen) atoms. The zero-order valence-corrected chi connectivity index (χ0v) is 16.6. The molecule has 1 aromatic heterocycles. The van der Waals surface area contributed by atoms with Gasteiger partial charge in [0.25, 0.3) is 5.91 Å². The summed E-state index contributed by atoms with van der Waals surface area (Å²) in [5.41, 5.74) is 1.63. The summed E-state index contributed by atoms with van der Waals surface area (Å²) in [6.07, 6.45) is 0.486. The van der Waals surface area contributed by atoms with Crippen LogP contribution in [0, 0.1) is 3.57 Å². The fraction of sp³-hybridized carbons (Fsp3) is 0.412. The van der Waals surface area contributed by atoms with Crippen LogP contribution in [0.15, 0.2) is 29.6 Å². The molecule has 2 heterocycles. The van der Waals surface area contributed by atoms with E-state index in [-0.39, 0.29) is 18.1 Å². The van der Waals surface area contributed by atoms with E-state index in [0.717, 1.165) is 28.9 Å². The van der Waals surface area contributed by atoms with Crippen molar-refractivity contribution in [2.45, 2.75) is 32.6 Å². The van der Waals surface area contributed by atoms with Crippen molar-refractivity contribution in [1.29, 1.82) is 0 Å². The smallest absolute Gasteiger partial charge is 0.257 e. The number of benzene rings is 1. The summed E-state index contributed by atoms with van der Waals surface area (Å²) in [6.45, 7) is 6.79. The van der Waals surface area contributed by atoms with Crippen molar-refractivity contribution in [1.82, 2.24) is 9.88 Å². The minimum Gasteiger partial charge on any atom is -0.373 e. The molecule has 0 spiro atoms. The minimum absolute atomic E-state index is 0.124. The Kier molecular flexibility index (Phi) is 5.85. The number of amides is 1. The minimum atomic E-state index is -0.124. The lowest BCUT2D eigenvalue weighted by molar-refractivity contribution is -0.0707. The van der Waals surface area contributed by atoms with Crippen LogP contribution < -0.4 is 5.32 Å². The van der Waals surface area contributed by atoms with Crippen molar-refractivity contribution >= 4 is 45.0 Å². The zero-order chi connectivity index (χ0) is 17.1. The second-order valence-electron chi connectivity index (χ2n) is 6.06. The highest BCUT2D eigenvalue weighted by atomic mass is 127. The molecule has 0 saturated carbocycles. The third-order valence-corrected chi connectivity index (χ3v) is 5.29. The highest BCUT2D eigenvalue weighted by Gasteiger charge is 2.22. The zero-order valence-electron chi connectivity index (χ0n) is 13.7. The molecular weight excluding hydrogens is 437 g/mol. The number of ether oxygens (including phenoxy) is 1. The lowest BCUT2D eigenvalue weighted by Crippen LogP contribution is -2.44. The summed E-state index contributed by atoms with van der Waals surface area (Å²) in [4.78, 5) is 19.1. The molecule has 1 amide bonds. The first-order valence-electron chi connectivity index (χ1n) is 7.89. The summed E-state index contributed by atoms with van der Waals surface area (Å²) >= 11 is 3.68. The molecule has 1 aliphatic rings. The molecule has 1 N–H and O–H groups in total. The van der Waals surface area contributed by atoms with E-state index in [9.17, 15) is 4.79 Å². The van der Waals surface area contributed by atoms with Crippen molar-refractivity contribution < 1.29 is 9.53 Å². The number of hydrogen-bond acceptors (Lipinski definition) is 5. The molecule has 128 valence electrons. The SMILES string of the molecule is C[C@@H]1CN(Cc2csc(NC(=O)c3ccc(I)cc3)n2)C[C@H](C)O1. The maximum absolute atomic E-state index is 12.2. The normalized spacial score (nSPS) is 21.6. The molecule has 0 bridgehead atoms. The van der Waals surface area contributed by atoms with Gasteiger partial charge in [-0.3, -0.25) is 15.0 Å². The van der Waals surface area contributed by atoms with Gasteiger partial charge >= 0.3 is 0 Å². The fourth-order valence-electron chi connectivity index (χ4n) is 2.85. The summed E-state index contributed by atoms with van der Waals surface area (Å²) in [6, 6.07) is 7.48. The lowest BCUT2D eigenvalue weighted by Gasteiger charge is -2.34. The van der Waals surface area contributed by atoms with Gasteiger partial charge in [0.1, 0.15) is 0 Å². The van der Waals surface area contributed by atoms with Gasteiger partial charge in [0.05, 0.1) is 17.9 Å². The lowest BCUT2D eigenvalue weighted by atomic mass is 10.2. The average Bonchev–Trinajstić information content (AvgIpc) is 2.93. The van der Waals surface area contributed by atoms with Crippen LogP contribution >= 0.6 is 33.9 Å². The topological polar surface area (TPSA) is 54.5 Å². The number of carbonyl (C=O) groups is 1. The molecule has 0 radical (unpaired) electrons. The van der Waals surface area contributed by atoms with Crippen LogP contribution in [0.2, 0.25) is 0 Å². The molecule has 7 heteroatoms. The number of carbonyl (C=O) groups excluding carboxylic acids is 1. The summed E-state index contributed by atoms with van der Waals surface area (Å²) in [5, 5.41) is 5.53. The summed E-state index contributed by atoms with van der Waals surface area (Å²) in [7, 11) is 0. The largest absolute Gasteiger partial charge is 0.373 e. The van der Waals surface area contributed by atoms with Crippen molar-refractivity contribution in [2.24, 2.45) is 0 Å². The van der Waals surface area contributed by atoms with Gasteiger partial charge in [-0.05, 0) is 60.7 Å². The Hall–Kier alpha value is -1.03. The molecular formula is C17H20IN3O2S. The third kappa shape index (κ3) is 4.75. The Morgan fingerprint density at radius 3 is 2.67 bits per heavy atom. The Labute approximate surface area is 159 Å². The Morgan fingerprint density at radius 2 is 2.00 bits per heavy atom. The molecule has 0 aliphatic carbocycles. The number of halogens is 1. The van der Waals surface area contributed by atoms with E-state index in [0.29, 0.717) is 10.7 Å². The molecule has 1 aliphatic heterocycles. The summed E-state index contributed by atoms with van der Waals surface area (Å²) in [5.74, 6) is -0.124. The second-order valence-corrected chi connectivity index (χ2v) is 8.16. The van der Waals surface area contributed by atoms with E-state index >= 15 is 0 Å². The Balaban J connectivity index is 1.59. The maximum atomic E-state index is 12.2. The third-order valence-electron chi connectivity index (χ3n) is 3.76. The first-order valence-corrected chi connectivity index (χ1v) is 9.84. The fourth-order valence-corrected chi connectivity index (χ4v) is 3.91. The van der Waals surface area contributed by atoms with E-state index in [4.69, 9.17) is 4.74 Å². The second kappa shape index (κ2) is 7.90. The molecule has 2 atom stereocenters. The maximum Gasteiger partial charge on any atom is 0.257 e. The van der Waals surface area contributed by atoms with Crippen LogP contribution in [0.5, 0.6) is 0 Å². The number of nitrogens with one attached hydrogen (secondary N) is 1. The highest BCUT2D eigenvalue weighted by Crippen LogP contribution is 2.20. The Morgan fingerprint density at radius 1 is 1.33 bits per heavy atom. The van der Waals surface area contributed by atoms with Crippen molar-refractivity contribution in [2.75, 3.05) is 18.4 Å². The molecule has 1 saturated heterocycles. The van der Waals surface area contributed by atoms with Gasteiger partial charge in [0.2, 0.25) is 0 Å². The van der Waals surface area contributed by atoms with Gasteiger partial charge < -0.3 is 4.74 Å². The summed E-state index contributed by atoms with van der Waals surface area (Å²) < 4.78 is 6.86. The van der Waals surface area contributed by atoms with Crippen LogP contribution in [0.25, 0.3) is 0 Å². The van der Waals surface area contributed by atoms with Crippen molar-refractivity contribution in [3.05, 3.63) is 44.5 Å². The molecule has 0 unspecified atom stereocenters. The van der Waals surface area contributed by atoms with E-state index in [1.54, 1.807) is 0 Å². The standard InChI is InChI=1S/C17H20IN3O2S/c1-11-7-21(8-12(2)23-11)9-15-10-24-17(19-15)20-16(22)13-3-5-14(18)6-4-13/h3-6,10-12H,7-9H2,1-2H3,(H,19,20,22)/t11-,12+. The van der Waals surface area contributed by atoms with Gasteiger partial charge in [0, 0.05) is 34.1 Å². The number of hydrogen-bond donors (Lipinski definition) is 1. The monoisotopic (exact) mass is 457 g/mol. The predicted octanol–water partition coefficient (Wildman–Crippen LogP) is 3.61. The van der Waals surface area contributed by atoms with Crippen LogP contribution in [-0.4, -0.2) is 41.1 Å². The number of rotatable bonds is 4. The van der Waals surface area contributed by atoms with Crippen molar-refractivity contribution in [3.63, 3.8) is 0 Å². The average molecular weight is 457 g/mol. The number of nitrogens with zero attached hydrogens (tertiary/aromatic N) is 2.